The third-order valence-corrected chi connectivity index (χ3v) is 4.07. The van der Waals surface area contributed by atoms with E-state index in [1.54, 1.807) is 0 Å². The summed E-state index contributed by atoms with van der Waals surface area (Å²) in [5, 5.41) is 3.40. The second-order valence-electron chi connectivity index (χ2n) is 5.28. The van der Waals surface area contributed by atoms with E-state index in [2.05, 4.69) is 68.5 Å². The average Bonchev–Trinajstić information content (AvgIpc) is 2.49. The quantitative estimate of drug-likeness (QED) is 0.828. The van der Waals surface area contributed by atoms with Crippen molar-refractivity contribution < 1.29 is 0 Å². The molecule has 2 rings (SSSR count). The molecule has 4 heteroatoms. The predicted octanol–water partition coefficient (Wildman–Crippen LogP) is 3.63. The lowest BCUT2D eigenvalue weighted by atomic mass is 10.0. The van der Waals surface area contributed by atoms with Crippen LogP contribution in [-0.2, 0) is 6.54 Å². The number of nitrogens with zero attached hydrogens (tertiary/aromatic N) is 2. The number of rotatable bonds is 7. The maximum atomic E-state index is 4.16. The number of pyridine rings is 1. The van der Waals surface area contributed by atoms with Gasteiger partial charge < -0.3 is 10.2 Å². The number of hydrogen-bond acceptors (Lipinski definition) is 3. The Morgan fingerprint density at radius 3 is 2.81 bits per heavy atom. The Kier molecular flexibility index (Phi) is 6.36. The summed E-state index contributed by atoms with van der Waals surface area (Å²) < 4.78 is 1.13. The van der Waals surface area contributed by atoms with Crippen LogP contribution in [0.5, 0.6) is 0 Å². The summed E-state index contributed by atoms with van der Waals surface area (Å²) in [5.41, 5.74) is 2.57. The van der Waals surface area contributed by atoms with Gasteiger partial charge in [-0.05, 0) is 56.4 Å². The molecule has 0 aliphatic carbocycles. The van der Waals surface area contributed by atoms with Gasteiger partial charge in [0.2, 0.25) is 0 Å². The van der Waals surface area contributed by atoms with E-state index in [9.17, 15) is 0 Å². The molecule has 112 valence electrons. The van der Waals surface area contributed by atoms with Gasteiger partial charge in [0.1, 0.15) is 0 Å². The van der Waals surface area contributed by atoms with Crippen LogP contribution in [0.2, 0.25) is 0 Å². The maximum Gasteiger partial charge on any atom is 0.0330 e. The molecule has 1 N–H and O–H groups in total. The highest BCUT2D eigenvalue weighted by atomic mass is 79.9. The molecule has 1 aromatic carbocycles. The van der Waals surface area contributed by atoms with E-state index in [4.69, 9.17) is 0 Å². The molecule has 21 heavy (non-hydrogen) atoms. The Morgan fingerprint density at radius 1 is 1.29 bits per heavy atom. The molecule has 0 bridgehead atoms. The first-order valence-electron chi connectivity index (χ1n) is 7.19. The van der Waals surface area contributed by atoms with Crippen LogP contribution in [0.25, 0.3) is 0 Å². The van der Waals surface area contributed by atoms with Crippen molar-refractivity contribution in [3.05, 3.63) is 64.4 Å². The number of halogens is 1. The van der Waals surface area contributed by atoms with Gasteiger partial charge in [0.25, 0.3) is 0 Å². The van der Waals surface area contributed by atoms with Crippen LogP contribution in [0.3, 0.4) is 0 Å². The zero-order valence-electron chi connectivity index (χ0n) is 12.6. The van der Waals surface area contributed by atoms with Gasteiger partial charge in [-0.3, -0.25) is 4.98 Å². The molecule has 1 atom stereocenters. The Bertz CT molecular complexity index is 545. The van der Waals surface area contributed by atoms with E-state index in [1.165, 1.54) is 11.1 Å². The van der Waals surface area contributed by atoms with Gasteiger partial charge >= 0.3 is 0 Å². The smallest absolute Gasteiger partial charge is 0.0330 e. The minimum atomic E-state index is 0.374. The Morgan fingerprint density at radius 2 is 2.14 bits per heavy atom. The molecule has 0 fully saturated rings. The fourth-order valence-electron chi connectivity index (χ4n) is 2.43. The topological polar surface area (TPSA) is 28.2 Å². The predicted molar refractivity (Wildman–Crippen MR) is 91.1 cm³/mol. The first-order chi connectivity index (χ1) is 10.2. The van der Waals surface area contributed by atoms with Crippen LogP contribution < -0.4 is 5.32 Å². The van der Waals surface area contributed by atoms with Crippen molar-refractivity contribution in [2.24, 2.45) is 0 Å². The fourth-order valence-corrected chi connectivity index (χ4v) is 2.85. The van der Waals surface area contributed by atoms with E-state index in [-0.39, 0.29) is 0 Å². The number of nitrogens with one attached hydrogen (secondary N) is 1. The number of aromatic nitrogens is 1. The monoisotopic (exact) mass is 347 g/mol. The highest BCUT2D eigenvalue weighted by molar-refractivity contribution is 9.10. The van der Waals surface area contributed by atoms with Crippen molar-refractivity contribution in [3.8, 4) is 0 Å². The van der Waals surface area contributed by atoms with Gasteiger partial charge in [-0.15, -0.1) is 0 Å². The lowest BCUT2D eigenvalue weighted by Crippen LogP contribution is -2.25. The van der Waals surface area contributed by atoms with Crippen LogP contribution in [0.4, 0.5) is 0 Å². The molecule has 0 spiro atoms. The molecule has 0 aliphatic rings. The summed E-state index contributed by atoms with van der Waals surface area (Å²) in [6, 6.07) is 13.0. The summed E-state index contributed by atoms with van der Waals surface area (Å²) in [6.45, 7) is 1.97. The van der Waals surface area contributed by atoms with E-state index >= 15 is 0 Å². The SMILES string of the molecule is CNC(CCN(C)Cc1cccnc1)c1cccc(Br)c1. The van der Waals surface area contributed by atoms with Crippen LogP contribution in [0.1, 0.15) is 23.6 Å². The van der Waals surface area contributed by atoms with Crippen LogP contribution in [0.15, 0.2) is 53.3 Å². The summed E-state index contributed by atoms with van der Waals surface area (Å²) >= 11 is 3.54. The third kappa shape index (κ3) is 5.23. The molecule has 0 aliphatic heterocycles. The van der Waals surface area contributed by atoms with Gasteiger partial charge in [-0.2, -0.15) is 0 Å². The Labute approximate surface area is 135 Å². The average molecular weight is 348 g/mol. The minimum absolute atomic E-state index is 0.374. The van der Waals surface area contributed by atoms with Crippen molar-refractivity contribution in [2.75, 3.05) is 20.6 Å². The first-order valence-corrected chi connectivity index (χ1v) is 7.98. The molecule has 1 unspecified atom stereocenters. The molecule has 0 radical (unpaired) electrons. The molecule has 1 heterocycles. The van der Waals surface area contributed by atoms with E-state index < -0.39 is 0 Å². The Hall–Kier alpha value is -1.23. The molecule has 1 aromatic heterocycles. The normalized spacial score (nSPS) is 12.6. The van der Waals surface area contributed by atoms with Crippen molar-refractivity contribution in [1.82, 2.24) is 15.2 Å². The van der Waals surface area contributed by atoms with Crippen LogP contribution >= 0.6 is 15.9 Å². The third-order valence-electron chi connectivity index (χ3n) is 3.57. The van der Waals surface area contributed by atoms with E-state index in [0.29, 0.717) is 6.04 Å². The maximum absolute atomic E-state index is 4.16. The molecular formula is C17H22BrN3. The molecular weight excluding hydrogens is 326 g/mol. The van der Waals surface area contributed by atoms with Gasteiger partial charge in [-0.25, -0.2) is 0 Å². The number of hydrogen-bond donors (Lipinski definition) is 1. The van der Waals surface area contributed by atoms with Crippen LogP contribution in [0, 0.1) is 0 Å². The molecule has 2 aromatic rings. The fraction of sp³-hybridized carbons (Fsp3) is 0.353. The highest BCUT2D eigenvalue weighted by Crippen LogP contribution is 2.20. The second-order valence-corrected chi connectivity index (χ2v) is 6.20. The van der Waals surface area contributed by atoms with Gasteiger partial charge in [-0.1, -0.05) is 34.1 Å². The van der Waals surface area contributed by atoms with Crippen molar-refractivity contribution in [2.45, 2.75) is 19.0 Å². The summed E-state index contributed by atoms with van der Waals surface area (Å²) in [5.74, 6) is 0. The zero-order chi connectivity index (χ0) is 15.1. The summed E-state index contributed by atoms with van der Waals surface area (Å²) in [6.07, 6.45) is 4.82. The molecule has 0 amide bonds. The standard InChI is InChI=1S/C17H22BrN3/c1-19-17(15-6-3-7-16(18)11-15)8-10-21(2)13-14-5-4-9-20-12-14/h3-7,9,11-12,17,19H,8,10,13H2,1-2H3. The van der Waals surface area contributed by atoms with Crippen molar-refractivity contribution in [1.29, 1.82) is 0 Å². The van der Waals surface area contributed by atoms with Gasteiger partial charge in [0.05, 0.1) is 0 Å². The van der Waals surface area contributed by atoms with Gasteiger partial charge in [0, 0.05) is 29.5 Å². The lowest BCUT2D eigenvalue weighted by Gasteiger charge is -2.22. The second kappa shape index (κ2) is 8.27. The summed E-state index contributed by atoms with van der Waals surface area (Å²) in [4.78, 5) is 6.49. The van der Waals surface area contributed by atoms with Crippen LogP contribution in [-0.4, -0.2) is 30.5 Å². The highest BCUT2D eigenvalue weighted by Gasteiger charge is 2.11. The largest absolute Gasteiger partial charge is 0.313 e. The lowest BCUT2D eigenvalue weighted by molar-refractivity contribution is 0.303. The van der Waals surface area contributed by atoms with Crippen molar-refractivity contribution in [3.63, 3.8) is 0 Å². The molecule has 0 saturated heterocycles. The van der Waals surface area contributed by atoms with Gasteiger partial charge in [0.15, 0.2) is 0 Å². The molecule has 0 saturated carbocycles. The van der Waals surface area contributed by atoms with E-state index in [1.807, 2.05) is 25.5 Å². The first kappa shape index (κ1) is 16.1. The minimum Gasteiger partial charge on any atom is -0.313 e. The summed E-state index contributed by atoms with van der Waals surface area (Å²) in [7, 11) is 4.17. The van der Waals surface area contributed by atoms with E-state index in [0.717, 1.165) is 24.0 Å². The zero-order valence-corrected chi connectivity index (χ0v) is 14.2. The Balaban J connectivity index is 1.88. The number of benzene rings is 1. The molecule has 3 nitrogen and oxygen atoms in total. The van der Waals surface area contributed by atoms with Crippen molar-refractivity contribution >= 4 is 15.9 Å².